The second-order valence-electron chi connectivity index (χ2n) is 5.01. The van der Waals surface area contributed by atoms with Crippen molar-refractivity contribution in [3.05, 3.63) is 29.3 Å². The van der Waals surface area contributed by atoms with Gasteiger partial charge in [0.05, 0.1) is 6.61 Å². The minimum atomic E-state index is -0.273. The van der Waals surface area contributed by atoms with Crippen LogP contribution >= 0.6 is 0 Å². The van der Waals surface area contributed by atoms with Crippen molar-refractivity contribution in [1.82, 2.24) is 5.32 Å². The predicted octanol–water partition coefficient (Wildman–Crippen LogP) is 2.35. The maximum atomic E-state index is 11.0. The van der Waals surface area contributed by atoms with Crippen molar-refractivity contribution in [2.24, 2.45) is 0 Å². The van der Waals surface area contributed by atoms with E-state index >= 15 is 0 Å². The molecule has 0 bridgehead atoms. The maximum absolute atomic E-state index is 11.0. The number of ether oxygens (including phenoxy) is 1. The zero-order chi connectivity index (χ0) is 12.5. The topological polar surface area (TPSA) is 48.2 Å². The molecule has 1 fully saturated rings. The molecule has 17 heavy (non-hydrogen) atoms. The number of benzene rings is 1. The standard InChI is InChI=1S/C14H19NO2/c1-10-5-6-11(2)12(9-10)17-8-4-7-14(3)13(16)15-14/h5-6,9H,4,7-8H2,1-3H3,(H,15,16). The van der Waals surface area contributed by atoms with E-state index in [9.17, 15) is 4.79 Å². The largest absolute Gasteiger partial charge is 0.493 e. The number of carbonyl (C=O) groups excluding carboxylic acids is 1. The van der Waals surface area contributed by atoms with E-state index in [2.05, 4.69) is 30.4 Å². The Morgan fingerprint density at radius 1 is 1.35 bits per heavy atom. The number of hydrogen-bond donors (Lipinski definition) is 1. The Morgan fingerprint density at radius 2 is 2.06 bits per heavy atom. The van der Waals surface area contributed by atoms with E-state index in [1.54, 1.807) is 0 Å². The van der Waals surface area contributed by atoms with Crippen molar-refractivity contribution in [2.45, 2.75) is 39.2 Å². The van der Waals surface area contributed by atoms with E-state index in [0.29, 0.717) is 6.61 Å². The van der Waals surface area contributed by atoms with Crippen LogP contribution in [0.25, 0.3) is 0 Å². The number of rotatable bonds is 5. The normalized spacial score (nSPS) is 22.2. The fourth-order valence-electron chi connectivity index (χ4n) is 1.87. The van der Waals surface area contributed by atoms with Gasteiger partial charge in [-0.05, 0) is 50.8 Å². The van der Waals surface area contributed by atoms with Gasteiger partial charge in [0.2, 0.25) is 5.91 Å². The van der Waals surface area contributed by atoms with E-state index in [-0.39, 0.29) is 11.4 Å². The lowest BCUT2D eigenvalue weighted by molar-refractivity contribution is -0.112. The predicted molar refractivity (Wildman–Crippen MR) is 67.2 cm³/mol. The fraction of sp³-hybridized carbons (Fsp3) is 0.500. The third-order valence-electron chi connectivity index (χ3n) is 3.25. The molecule has 3 nitrogen and oxygen atoms in total. The van der Waals surface area contributed by atoms with Gasteiger partial charge < -0.3 is 10.1 Å². The van der Waals surface area contributed by atoms with Gasteiger partial charge in [0.15, 0.2) is 0 Å². The molecule has 1 amide bonds. The van der Waals surface area contributed by atoms with E-state index in [0.717, 1.165) is 24.2 Å². The van der Waals surface area contributed by atoms with Crippen LogP contribution in [0.2, 0.25) is 0 Å². The Bertz CT molecular complexity index is 442. The second kappa shape index (κ2) is 4.40. The lowest BCUT2D eigenvalue weighted by Gasteiger charge is -2.10. The molecule has 1 heterocycles. The molecule has 2 rings (SSSR count). The average Bonchev–Trinajstić information content (AvgIpc) is 2.87. The van der Waals surface area contributed by atoms with E-state index in [1.165, 1.54) is 5.56 Å². The van der Waals surface area contributed by atoms with Gasteiger partial charge in [-0.3, -0.25) is 4.79 Å². The monoisotopic (exact) mass is 233 g/mol. The number of carbonyl (C=O) groups is 1. The zero-order valence-electron chi connectivity index (χ0n) is 10.7. The number of amides is 1. The highest BCUT2D eigenvalue weighted by molar-refractivity contribution is 6.01. The summed E-state index contributed by atoms with van der Waals surface area (Å²) >= 11 is 0. The molecule has 0 spiro atoms. The van der Waals surface area contributed by atoms with Crippen molar-refractivity contribution in [2.75, 3.05) is 6.61 Å². The summed E-state index contributed by atoms with van der Waals surface area (Å²) in [4.78, 5) is 11.0. The molecule has 0 aliphatic carbocycles. The lowest BCUT2D eigenvalue weighted by Crippen LogP contribution is -2.12. The van der Waals surface area contributed by atoms with Gasteiger partial charge in [-0.15, -0.1) is 0 Å². The summed E-state index contributed by atoms with van der Waals surface area (Å²) in [5.74, 6) is 1.11. The SMILES string of the molecule is Cc1ccc(C)c(OCCCC2(C)NC2=O)c1. The van der Waals surface area contributed by atoms with Crippen molar-refractivity contribution < 1.29 is 9.53 Å². The van der Waals surface area contributed by atoms with E-state index in [1.807, 2.05) is 13.8 Å². The summed E-state index contributed by atoms with van der Waals surface area (Å²) in [6, 6.07) is 6.20. The molecule has 1 aliphatic rings. The molecule has 3 heteroatoms. The molecule has 1 atom stereocenters. The fourth-order valence-corrected chi connectivity index (χ4v) is 1.87. The smallest absolute Gasteiger partial charge is 0.246 e. The van der Waals surface area contributed by atoms with E-state index in [4.69, 9.17) is 4.74 Å². The zero-order valence-corrected chi connectivity index (χ0v) is 10.7. The highest BCUT2D eigenvalue weighted by Gasteiger charge is 2.47. The third-order valence-corrected chi connectivity index (χ3v) is 3.25. The second-order valence-corrected chi connectivity index (χ2v) is 5.01. The molecule has 0 radical (unpaired) electrons. The van der Waals surface area contributed by atoms with Crippen LogP contribution in [0.5, 0.6) is 5.75 Å². The molecular formula is C14H19NO2. The van der Waals surface area contributed by atoms with Gasteiger partial charge in [0, 0.05) is 0 Å². The molecule has 1 aromatic rings. The summed E-state index contributed by atoms with van der Waals surface area (Å²) in [5, 5.41) is 2.83. The van der Waals surface area contributed by atoms with Gasteiger partial charge in [0.25, 0.3) is 0 Å². The molecular weight excluding hydrogens is 214 g/mol. The van der Waals surface area contributed by atoms with Gasteiger partial charge in [-0.1, -0.05) is 12.1 Å². The van der Waals surface area contributed by atoms with Crippen LogP contribution in [0.1, 0.15) is 30.9 Å². The Balaban J connectivity index is 1.78. The molecule has 1 unspecified atom stereocenters. The first kappa shape index (κ1) is 12.0. The van der Waals surface area contributed by atoms with Gasteiger partial charge in [-0.25, -0.2) is 0 Å². The summed E-state index contributed by atoms with van der Waals surface area (Å²) in [6.07, 6.45) is 1.74. The Hall–Kier alpha value is -1.51. The Labute approximate surface area is 102 Å². The van der Waals surface area contributed by atoms with Crippen LogP contribution < -0.4 is 10.1 Å². The van der Waals surface area contributed by atoms with Crippen molar-refractivity contribution in [3.8, 4) is 5.75 Å². The lowest BCUT2D eigenvalue weighted by atomic mass is 10.1. The van der Waals surface area contributed by atoms with Gasteiger partial charge in [-0.2, -0.15) is 0 Å². The molecule has 1 N–H and O–H groups in total. The molecule has 92 valence electrons. The van der Waals surface area contributed by atoms with Crippen LogP contribution in [0.15, 0.2) is 18.2 Å². The number of nitrogens with one attached hydrogen (secondary N) is 1. The van der Waals surface area contributed by atoms with Crippen LogP contribution in [0.4, 0.5) is 0 Å². The number of aryl methyl sites for hydroxylation is 2. The van der Waals surface area contributed by atoms with E-state index < -0.39 is 0 Å². The molecule has 1 aromatic carbocycles. The minimum absolute atomic E-state index is 0.157. The highest BCUT2D eigenvalue weighted by Crippen LogP contribution is 2.25. The third kappa shape index (κ3) is 2.78. The first-order chi connectivity index (χ1) is 8.01. The maximum Gasteiger partial charge on any atom is 0.246 e. The number of hydrogen-bond acceptors (Lipinski definition) is 2. The van der Waals surface area contributed by atoms with Crippen molar-refractivity contribution in [3.63, 3.8) is 0 Å². The summed E-state index contributed by atoms with van der Waals surface area (Å²) in [5.41, 5.74) is 2.09. The first-order valence-corrected chi connectivity index (χ1v) is 6.04. The average molecular weight is 233 g/mol. The molecule has 1 aliphatic heterocycles. The van der Waals surface area contributed by atoms with Gasteiger partial charge >= 0.3 is 0 Å². The van der Waals surface area contributed by atoms with Crippen LogP contribution in [-0.4, -0.2) is 18.1 Å². The molecule has 0 aromatic heterocycles. The molecule has 1 saturated heterocycles. The summed E-state index contributed by atoms with van der Waals surface area (Å²) in [7, 11) is 0. The minimum Gasteiger partial charge on any atom is -0.493 e. The quantitative estimate of drug-likeness (QED) is 0.627. The summed E-state index contributed by atoms with van der Waals surface area (Å²) in [6.45, 7) is 6.70. The Morgan fingerprint density at radius 3 is 2.71 bits per heavy atom. The molecule has 0 saturated carbocycles. The van der Waals surface area contributed by atoms with Crippen molar-refractivity contribution >= 4 is 5.91 Å². The van der Waals surface area contributed by atoms with Crippen LogP contribution in [0.3, 0.4) is 0 Å². The van der Waals surface area contributed by atoms with Crippen LogP contribution in [0, 0.1) is 13.8 Å². The van der Waals surface area contributed by atoms with Gasteiger partial charge in [0.1, 0.15) is 11.3 Å². The van der Waals surface area contributed by atoms with Crippen LogP contribution in [-0.2, 0) is 4.79 Å². The summed E-state index contributed by atoms with van der Waals surface area (Å²) < 4.78 is 5.74. The Kier molecular flexibility index (Phi) is 3.09. The highest BCUT2D eigenvalue weighted by atomic mass is 16.5. The first-order valence-electron chi connectivity index (χ1n) is 6.04. The van der Waals surface area contributed by atoms with Crippen molar-refractivity contribution in [1.29, 1.82) is 0 Å².